The number of thiazole rings is 1. The second-order valence-electron chi connectivity index (χ2n) is 5.59. The number of hydrogen-bond donors (Lipinski definition) is 1. The van der Waals surface area contributed by atoms with Crippen molar-refractivity contribution in [1.82, 2.24) is 15.2 Å². The van der Waals surface area contributed by atoms with Crippen LogP contribution in [0.5, 0.6) is 0 Å². The summed E-state index contributed by atoms with van der Waals surface area (Å²) in [5.74, 6) is 0.963. The summed E-state index contributed by atoms with van der Waals surface area (Å²) in [6.07, 6.45) is 7.17. The van der Waals surface area contributed by atoms with Gasteiger partial charge < -0.3 is 5.32 Å². The first-order valence-corrected chi connectivity index (χ1v) is 8.10. The molecule has 1 aliphatic heterocycles. The van der Waals surface area contributed by atoms with Gasteiger partial charge in [0.05, 0.1) is 5.01 Å². The third kappa shape index (κ3) is 2.92. The van der Waals surface area contributed by atoms with E-state index in [4.69, 9.17) is 0 Å². The van der Waals surface area contributed by atoms with Crippen molar-refractivity contribution in [2.45, 2.75) is 44.7 Å². The molecule has 1 N–H and O–H groups in total. The molecular weight excluding hydrogens is 242 g/mol. The largest absolute Gasteiger partial charge is 0.311 e. The first-order valence-electron chi connectivity index (χ1n) is 7.22. The Hall–Kier alpha value is -0.450. The van der Waals surface area contributed by atoms with Crippen LogP contribution < -0.4 is 5.32 Å². The number of aromatic nitrogens is 1. The number of piperazine rings is 1. The van der Waals surface area contributed by atoms with Gasteiger partial charge in [-0.05, 0) is 25.2 Å². The zero-order valence-electron chi connectivity index (χ0n) is 11.1. The molecule has 1 aromatic rings. The predicted molar refractivity (Wildman–Crippen MR) is 76.0 cm³/mol. The van der Waals surface area contributed by atoms with Crippen molar-refractivity contribution < 1.29 is 0 Å². The van der Waals surface area contributed by atoms with Gasteiger partial charge in [-0.3, -0.25) is 4.90 Å². The second kappa shape index (κ2) is 5.68. The SMILES string of the molecule is CCC1CNC(C2CC2)CN1CCc1nccs1. The lowest BCUT2D eigenvalue weighted by Crippen LogP contribution is -2.57. The average molecular weight is 265 g/mol. The quantitative estimate of drug-likeness (QED) is 0.884. The van der Waals surface area contributed by atoms with E-state index in [1.54, 1.807) is 11.3 Å². The van der Waals surface area contributed by atoms with Crippen molar-refractivity contribution in [3.05, 3.63) is 16.6 Å². The maximum absolute atomic E-state index is 4.39. The number of rotatable bonds is 5. The highest BCUT2D eigenvalue weighted by Crippen LogP contribution is 2.34. The van der Waals surface area contributed by atoms with Gasteiger partial charge in [-0.1, -0.05) is 6.92 Å². The maximum atomic E-state index is 4.39. The maximum Gasteiger partial charge on any atom is 0.0937 e. The molecule has 1 saturated carbocycles. The molecule has 1 aliphatic carbocycles. The molecule has 100 valence electrons. The molecule has 4 heteroatoms. The normalized spacial score (nSPS) is 29.6. The summed E-state index contributed by atoms with van der Waals surface area (Å²) >= 11 is 1.79. The second-order valence-corrected chi connectivity index (χ2v) is 6.56. The number of nitrogens with zero attached hydrogens (tertiary/aromatic N) is 2. The zero-order chi connectivity index (χ0) is 12.4. The van der Waals surface area contributed by atoms with Gasteiger partial charge in [-0.25, -0.2) is 4.98 Å². The summed E-state index contributed by atoms with van der Waals surface area (Å²) in [4.78, 5) is 7.09. The van der Waals surface area contributed by atoms with Gasteiger partial charge in [0.25, 0.3) is 0 Å². The lowest BCUT2D eigenvalue weighted by molar-refractivity contribution is 0.120. The van der Waals surface area contributed by atoms with Crippen molar-refractivity contribution in [2.75, 3.05) is 19.6 Å². The van der Waals surface area contributed by atoms with Crippen LogP contribution in [0.3, 0.4) is 0 Å². The summed E-state index contributed by atoms with van der Waals surface area (Å²) in [5.41, 5.74) is 0. The summed E-state index contributed by atoms with van der Waals surface area (Å²) in [7, 11) is 0. The van der Waals surface area contributed by atoms with E-state index in [1.807, 2.05) is 6.20 Å². The highest BCUT2D eigenvalue weighted by Gasteiger charge is 2.36. The Kier molecular flexibility index (Phi) is 3.97. The van der Waals surface area contributed by atoms with E-state index >= 15 is 0 Å². The molecule has 3 rings (SSSR count). The van der Waals surface area contributed by atoms with E-state index < -0.39 is 0 Å². The summed E-state index contributed by atoms with van der Waals surface area (Å²) < 4.78 is 0. The van der Waals surface area contributed by atoms with Gasteiger partial charge in [0.1, 0.15) is 0 Å². The van der Waals surface area contributed by atoms with Crippen LogP contribution >= 0.6 is 11.3 Å². The Morgan fingerprint density at radius 2 is 2.39 bits per heavy atom. The monoisotopic (exact) mass is 265 g/mol. The third-order valence-electron chi connectivity index (χ3n) is 4.32. The minimum absolute atomic E-state index is 0.722. The molecule has 0 amide bonds. The molecule has 18 heavy (non-hydrogen) atoms. The van der Waals surface area contributed by atoms with Crippen molar-refractivity contribution in [3.63, 3.8) is 0 Å². The fourth-order valence-electron chi connectivity index (χ4n) is 2.99. The summed E-state index contributed by atoms with van der Waals surface area (Å²) in [5, 5.41) is 7.11. The summed E-state index contributed by atoms with van der Waals surface area (Å²) in [6, 6.07) is 1.48. The first kappa shape index (κ1) is 12.6. The predicted octanol–water partition coefficient (Wildman–Crippen LogP) is 2.15. The first-order chi connectivity index (χ1) is 8.86. The molecule has 1 saturated heterocycles. The van der Waals surface area contributed by atoms with Crippen LogP contribution in [-0.2, 0) is 6.42 Å². The number of hydrogen-bond acceptors (Lipinski definition) is 4. The third-order valence-corrected chi connectivity index (χ3v) is 5.16. The van der Waals surface area contributed by atoms with Crippen LogP contribution in [-0.4, -0.2) is 41.6 Å². The van der Waals surface area contributed by atoms with E-state index in [-0.39, 0.29) is 0 Å². The van der Waals surface area contributed by atoms with Crippen molar-refractivity contribution in [1.29, 1.82) is 0 Å². The van der Waals surface area contributed by atoms with Crippen molar-refractivity contribution >= 4 is 11.3 Å². The van der Waals surface area contributed by atoms with Crippen LogP contribution in [0.1, 0.15) is 31.2 Å². The summed E-state index contributed by atoms with van der Waals surface area (Å²) in [6.45, 7) is 5.90. The molecule has 0 radical (unpaired) electrons. The molecular formula is C14H23N3S. The minimum Gasteiger partial charge on any atom is -0.311 e. The fourth-order valence-corrected chi connectivity index (χ4v) is 3.60. The van der Waals surface area contributed by atoms with Crippen molar-refractivity contribution in [3.8, 4) is 0 Å². The van der Waals surface area contributed by atoms with Crippen LogP contribution in [0, 0.1) is 5.92 Å². The molecule has 0 spiro atoms. The topological polar surface area (TPSA) is 28.2 Å². The minimum atomic E-state index is 0.722. The highest BCUT2D eigenvalue weighted by atomic mass is 32.1. The van der Waals surface area contributed by atoms with Crippen LogP contribution in [0.15, 0.2) is 11.6 Å². The van der Waals surface area contributed by atoms with E-state index in [1.165, 1.54) is 43.9 Å². The van der Waals surface area contributed by atoms with Gasteiger partial charge in [0.2, 0.25) is 0 Å². The lowest BCUT2D eigenvalue weighted by atomic mass is 10.0. The molecule has 0 bridgehead atoms. The molecule has 3 nitrogen and oxygen atoms in total. The van der Waals surface area contributed by atoms with Crippen LogP contribution in [0.4, 0.5) is 0 Å². The van der Waals surface area contributed by atoms with Crippen molar-refractivity contribution in [2.24, 2.45) is 5.92 Å². The molecule has 2 aliphatic rings. The van der Waals surface area contributed by atoms with Crippen LogP contribution in [0.2, 0.25) is 0 Å². The van der Waals surface area contributed by atoms with E-state index in [9.17, 15) is 0 Å². The van der Waals surface area contributed by atoms with Gasteiger partial charge >= 0.3 is 0 Å². The molecule has 2 unspecified atom stereocenters. The van der Waals surface area contributed by atoms with Gasteiger partial charge in [0.15, 0.2) is 0 Å². The zero-order valence-corrected chi connectivity index (χ0v) is 12.0. The van der Waals surface area contributed by atoms with Crippen LogP contribution in [0.25, 0.3) is 0 Å². The van der Waals surface area contributed by atoms with Gasteiger partial charge in [-0.15, -0.1) is 11.3 Å². The Morgan fingerprint density at radius 3 is 3.06 bits per heavy atom. The Morgan fingerprint density at radius 1 is 1.50 bits per heavy atom. The average Bonchev–Trinajstić information content (AvgIpc) is 3.13. The molecule has 2 heterocycles. The Labute approximate surface area is 114 Å². The Balaban J connectivity index is 1.55. The van der Waals surface area contributed by atoms with Gasteiger partial charge in [-0.2, -0.15) is 0 Å². The molecule has 0 aromatic carbocycles. The smallest absolute Gasteiger partial charge is 0.0937 e. The van der Waals surface area contributed by atoms with E-state index in [0.717, 1.165) is 24.4 Å². The highest BCUT2D eigenvalue weighted by molar-refractivity contribution is 7.09. The molecule has 2 atom stereocenters. The molecule has 2 fully saturated rings. The lowest BCUT2D eigenvalue weighted by Gasteiger charge is -2.40. The number of nitrogens with one attached hydrogen (secondary N) is 1. The van der Waals surface area contributed by atoms with E-state index in [2.05, 4.69) is 27.5 Å². The standard InChI is InChI=1S/C14H23N3S/c1-2-12-9-16-13(11-3-4-11)10-17(12)7-5-14-15-6-8-18-14/h6,8,11-13,16H,2-5,7,9-10H2,1H3. The fraction of sp³-hybridized carbons (Fsp3) is 0.786. The van der Waals surface area contributed by atoms with Gasteiger partial charge in [0, 0.05) is 49.7 Å². The molecule has 1 aromatic heterocycles. The Bertz CT molecular complexity index is 361. The van der Waals surface area contributed by atoms with E-state index in [0.29, 0.717) is 0 Å².